The monoisotopic (exact) mass is 285 g/mol. The lowest BCUT2D eigenvalue weighted by Crippen LogP contribution is -2.48. The maximum absolute atomic E-state index is 11.9. The Balaban J connectivity index is 2.28. The van der Waals surface area contributed by atoms with Crippen molar-refractivity contribution in [1.82, 2.24) is 15.5 Å². The molecule has 6 nitrogen and oxygen atoms in total. The van der Waals surface area contributed by atoms with Gasteiger partial charge in [0, 0.05) is 18.6 Å². The van der Waals surface area contributed by atoms with E-state index in [1.54, 1.807) is 0 Å². The van der Waals surface area contributed by atoms with Gasteiger partial charge in [-0.2, -0.15) is 0 Å². The molecule has 6 heteroatoms. The number of carbonyl (C=O) groups excluding carboxylic acids is 1. The molecule has 116 valence electrons. The standard InChI is InChI=1S/C14H27N3O3/c1-4-17(5-2)9-10(3)15-14(20)16-12-7-6-11(8-12)13(18)19/h10-12H,4-9H2,1-3H3,(H,18,19)(H2,15,16,20)/t10?,11-,12+/m1/s1. The molecule has 0 spiro atoms. The van der Waals surface area contributed by atoms with E-state index in [-0.39, 0.29) is 24.0 Å². The fourth-order valence-corrected chi connectivity index (χ4v) is 2.70. The molecule has 1 rings (SSSR count). The third-order valence-corrected chi connectivity index (χ3v) is 3.92. The third kappa shape index (κ3) is 5.36. The molecule has 3 N–H and O–H groups in total. The summed E-state index contributed by atoms with van der Waals surface area (Å²) in [6, 6.07) is -0.135. The van der Waals surface area contributed by atoms with E-state index in [0.29, 0.717) is 12.8 Å². The summed E-state index contributed by atoms with van der Waals surface area (Å²) < 4.78 is 0. The summed E-state index contributed by atoms with van der Waals surface area (Å²) >= 11 is 0. The zero-order valence-corrected chi connectivity index (χ0v) is 12.7. The number of carbonyl (C=O) groups is 2. The van der Waals surface area contributed by atoms with Gasteiger partial charge in [0.05, 0.1) is 5.92 Å². The van der Waals surface area contributed by atoms with Gasteiger partial charge in [-0.25, -0.2) is 4.79 Å². The van der Waals surface area contributed by atoms with Crippen LogP contribution in [0.1, 0.15) is 40.0 Å². The molecule has 0 bridgehead atoms. The number of urea groups is 1. The molecule has 0 radical (unpaired) electrons. The van der Waals surface area contributed by atoms with Crippen LogP contribution in [0.4, 0.5) is 4.79 Å². The van der Waals surface area contributed by atoms with E-state index in [2.05, 4.69) is 29.4 Å². The van der Waals surface area contributed by atoms with Crippen LogP contribution in [0.25, 0.3) is 0 Å². The Kier molecular flexibility index (Phi) is 6.78. The molecule has 1 aliphatic rings. The minimum Gasteiger partial charge on any atom is -0.481 e. The van der Waals surface area contributed by atoms with E-state index in [1.807, 2.05) is 6.92 Å². The minimum absolute atomic E-state index is 0.0169. The molecule has 0 saturated heterocycles. The summed E-state index contributed by atoms with van der Waals surface area (Å²) in [6.07, 6.45) is 1.93. The molecule has 0 heterocycles. The van der Waals surface area contributed by atoms with Crippen molar-refractivity contribution in [3.8, 4) is 0 Å². The fourth-order valence-electron chi connectivity index (χ4n) is 2.70. The second-order valence-electron chi connectivity index (χ2n) is 5.55. The number of hydrogen-bond acceptors (Lipinski definition) is 3. The number of amides is 2. The predicted octanol–water partition coefficient (Wildman–Crippen LogP) is 1.27. The number of nitrogens with zero attached hydrogens (tertiary/aromatic N) is 1. The molecule has 0 aromatic heterocycles. The minimum atomic E-state index is -0.760. The molecule has 2 amide bonds. The van der Waals surface area contributed by atoms with Gasteiger partial charge in [0.15, 0.2) is 0 Å². The van der Waals surface area contributed by atoms with E-state index < -0.39 is 5.97 Å². The number of nitrogens with one attached hydrogen (secondary N) is 2. The summed E-state index contributed by atoms with van der Waals surface area (Å²) in [5, 5.41) is 14.7. The zero-order chi connectivity index (χ0) is 15.1. The number of hydrogen-bond donors (Lipinski definition) is 3. The first-order valence-electron chi connectivity index (χ1n) is 7.48. The van der Waals surface area contributed by atoms with Gasteiger partial charge in [-0.15, -0.1) is 0 Å². The smallest absolute Gasteiger partial charge is 0.315 e. The Morgan fingerprint density at radius 1 is 1.30 bits per heavy atom. The van der Waals surface area contributed by atoms with Crippen LogP contribution in [0, 0.1) is 5.92 Å². The van der Waals surface area contributed by atoms with Gasteiger partial charge >= 0.3 is 12.0 Å². The zero-order valence-electron chi connectivity index (χ0n) is 12.7. The first-order chi connectivity index (χ1) is 9.46. The molecule has 1 fully saturated rings. The van der Waals surface area contributed by atoms with Gasteiger partial charge in [0.2, 0.25) is 0 Å². The van der Waals surface area contributed by atoms with Gasteiger partial charge in [-0.1, -0.05) is 13.8 Å². The third-order valence-electron chi connectivity index (χ3n) is 3.92. The first-order valence-corrected chi connectivity index (χ1v) is 7.48. The molecular formula is C14H27N3O3. The Hall–Kier alpha value is -1.30. The Bertz CT molecular complexity index is 332. The van der Waals surface area contributed by atoms with E-state index in [9.17, 15) is 9.59 Å². The molecule has 1 aliphatic carbocycles. The topological polar surface area (TPSA) is 81.7 Å². The summed E-state index contributed by atoms with van der Waals surface area (Å²) in [5.41, 5.74) is 0. The van der Waals surface area contributed by atoms with Crippen molar-refractivity contribution >= 4 is 12.0 Å². The van der Waals surface area contributed by atoms with Crippen LogP contribution in [0.15, 0.2) is 0 Å². The Labute approximate surface area is 120 Å². The molecule has 1 saturated carbocycles. The second kappa shape index (κ2) is 8.09. The Morgan fingerprint density at radius 2 is 1.95 bits per heavy atom. The van der Waals surface area contributed by atoms with Gasteiger partial charge in [0.25, 0.3) is 0 Å². The largest absolute Gasteiger partial charge is 0.481 e. The van der Waals surface area contributed by atoms with Crippen LogP contribution >= 0.6 is 0 Å². The van der Waals surface area contributed by atoms with Crippen molar-refractivity contribution in [2.75, 3.05) is 19.6 Å². The maximum Gasteiger partial charge on any atom is 0.315 e. The van der Waals surface area contributed by atoms with Crippen LogP contribution in [-0.4, -0.2) is 53.7 Å². The molecular weight excluding hydrogens is 258 g/mol. The quantitative estimate of drug-likeness (QED) is 0.658. The van der Waals surface area contributed by atoms with Crippen LogP contribution in [0.2, 0.25) is 0 Å². The summed E-state index contributed by atoms with van der Waals surface area (Å²) in [5.74, 6) is -1.07. The summed E-state index contributed by atoms with van der Waals surface area (Å²) in [6.45, 7) is 8.93. The summed E-state index contributed by atoms with van der Waals surface area (Å²) in [4.78, 5) is 25.0. The number of carboxylic acid groups (broad SMARTS) is 1. The highest BCUT2D eigenvalue weighted by Gasteiger charge is 2.30. The van der Waals surface area contributed by atoms with Crippen LogP contribution in [0.5, 0.6) is 0 Å². The van der Waals surface area contributed by atoms with Gasteiger partial charge < -0.3 is 20.6 Å². The van der Waals surface area contributed by atoms with Gasteiger partial charge in [-0.05, 0) is 39.3 Å². The number of likely N-dealkylation sites (N-methyl/N-ethyl adjacent to an activating group) is 1. The lowest BCUT2D eigenvalue weighted by molar-refractivity contribution is -0.141. The van der Waals surface area contributed by atoms with Crippen molar-refractivity contribution in [2.45, 2.75) is 52.1 Å². The number of aliphatic carboxylic acids is 1. The average Bonchev–Trinajstić information content (AvgIpc) is 2.84. The van der Waals surface area contributed by atoms with Crippen molar-refractivity contribution in [3.05, 3.63) is 0 Å². The summed E-state index contributed by atoms with van der Waals surface area (Å²) in [7, 11) is 0. The van der Waals surface area contributed by atoms with Crippen molar-refractivity contribution in [3.63, 3.8) is 0 Å². The van der Waals surface area contributed by atoms with Gasteiger partial charge in [-0.3, -0.25) is 4.79 Å². The van der Waals surface area contributed by atoms with Crippen molar-refractivity contribution in [2.24, 2.45) is 5.92 Å². The van der Waals surface area contributed by atoms with Gasteiger partial charge in [0.1, 0.15) is 0 Å². The fraction of sp³-hybridized carbons (Fsp3) is 0.857. The van der Waals surface area contributed by atoms with Crippen molar-refractivity contribution in [1.29, 1.82) is 0 Å². The molecule has 0 aromatic rings. The molecule has 0 aromatic carbocycles. The normalized spacial score (nSPS) is 23.6. The van der Waals surface area contributed by atoms with Crippen LogP contribution < -0.4 is 10.6 Å². The predicted molar refractivity (Wildman–Crippen MR) is 77.7 cm³/mol. The van der Waals surface area contributed by atoms with Crippen LogP contribution in [-0.2, 0) is 4.79 Å². The number of carboxylic acids is 1. The highest BCUT2D eigenvalue weighted by molar-refractivity contribution is 5.75. The lowest BCUT2D eigenvalue weighted by atomic mass is 10.1. The van der Waals surface area contributed by atoms with Crippen molar-refractivity contribution < 1.29 is 14.7 Å². The molecule has 0 aliphatic heterocycles. The number of rotatable bonds is 7. The van der Waals surface area contributed by atoms with E-state index in [1.165, 1.54) is 0 Å². The highest BCUT2D eigenvalue weighted by atomic mass is 16.4. The Morgan fingerprint density at radius 3 is 2.45 bits per heavy atom. The molecule has 1 unspecified atom stereocenters. The first kappa shape index (κ1) is 16.8. The average molecular weight is 285 g/mol. The molecule has 20 heavy (non-hydrogen) atoms. The van der Waals surface area contributed by atoms with E-state index >= 15 is 0 Å². The van der Waals surface area contributed by atoms with E-state index in [0.717, 1.165) is 26.1 Å². The van der Waals surface area contributed by atoms with Crippen LogP contribution in [0.3, 0.4) is 0 Å². The highest BCUT2D eigenvalue weighted by Crippen LogP contribution is 2.25. The van der Waals surface area contributed by atoms with E-state index in [4.69, 9.17) is 5.11 Å². The second-order valence-corrected chi connectivity index (χ2v) is 5.55. The molecule has 3 atom stereocenters. The SMILES string of the molecule is CCN(CC)CC(C)NC(=O)N[C@H]1CC[C@@H](C(=O)O)C1. The lowest BCUT2D eigenvalue weighted by Gasteiger charge is -2.24. The maximum atomic E-state index is 11.9.